The molecule has 2 N–H and O–H groups in total. The minimum Gasteiger partial charge on any atom is -0.478 e. The number of carbonyl (C=O) groups excluding carboxylic acids is 1. The van der Waals surface area contributed by atoms with E-state index in [4.69, 9.17) is 5.11 Å². The molecule has 0 spiro atoms. The fourth-order valence-corrected chi connectivity index (χ4v) is 1.84. The average molecular weight is 369 g/mol. The third-order valence-electron chi connectivity index (χ3n) is 2.49. The van der Waals surface area contributed by atoms with Crippen LogP contribution in [-0.2, 0) is 0 Å². The van der Waals surface area contributed by atoms with Crippen molar-refractivity contribution in [3.8, 4) is 0 Å². The van der Waals surface area contributed by atoms with Crippen LogP contribution in [0.3, 0.4) is 0 Å². The second-order valence-corrected chi connectivity index (χ2v) is 4.91. The fraction of sp³-hybridized carbons (Fsp3) is 0.333. The first-order chi connectivity index (χ1) is 9.64. The number of hydrogen-bond donors (Lipinski definition) is 2. The zero-order valence-electron chi connectivity index (χ0n) is 10.9. The van der Waals surface area contributed by atoms with Crippen molar-refractivity contribution >= 4 is 33.6 Å². The SMILES string of the molecule is CCN(CC(F)(F)F)C(=O)Nc1cc(C(=O)O)ccc1Br. The highest BCUT2D eigenvalue weighted by Gasteiger charge is 2.32. The van der Waals surface area contributed by atoms with Crippen molar-refractivity contribution in [3.63, 3.8) is 0 Å². The van der Waals surface area contributed by atoms with E-state index in [1.54, 1.807) is 0 Å². The molecule has 1 rings (SSSR count). The van der Waals surface area contributed by atoms with E-state index in [2.05, 4.69) is 21.2 Å². The number of halogens is 4. The first kappa shape index (κ1) is 17.3. The highest BCUT2D eigenvalue weighted by atomic mass is 79.9. The van der Waals surface area contributed by atoms with Crippen molar-refractivity contribution in [2.24, 2.45) is 0 Å². The van der Waals surface area contributed by atoms with Gasteiger partial charge in [-0.1, -0.05) is 0 Å². The van der Waals surface area contributed by atoms with Gasteiger partial charge in [0.05, 0.1) is 11.3 Å². The zero-order valence-corrected chi connectivity index (χ0v) is 12.5. The van der Waals surface area contributed by atoms with Crippen LogP contribution < -0.4 is 5.32 Å². The molecule has 9 heteroatoms. The molecule has 0 aromatic heterocycles. The number of hydrogen-bond acceptors (Lipinski definition) is 2. The van der Waals surface area contributed by atoms with E-state index in [1.807, 2.05) is 0 Å². The maximum atomic E-state index is 12.3. The molecule has 2 amide bonds. The number of alkyl halides is 3. The van der Waals surface area contributed by atoms with Crippen LogP contribution in [0.15, 0.2) is 22.7 Å². The quantitative estimate of drug-likeness (QED) is 0.853. The molecule has 21 heavy (non-hydrogen) atoms. The topological polar surface area (TPSA) is 69.6 Å². The maximum absolute atomic E-state index is 12.3. The van der Waals surface area contributed by atoms with E-state index in [0.29, 0.717) is 9.37 Å². The van der Waals surface area contributed by atoms with Crippen LogP contribution >= 0.6 is 15.9 Å². The van der Waals surface area contributed by atoms with Crippen LogP contribution in [-0.4, -0.2) is 41.3 Å². The van der Waals surface area contributed by atoms with Crippen molar-refractivity contribution in [2.75, 3.05) is 18.4 Å². The number of benzene rings is 1. The van der Waals surface area contributed by atoms with Crippen LogP contribution in [0.25, 0.3) is 0 Å². The molecule has 0 aliphatic rings. The molecule has 0 saturated heterocycles. The van der Waals surface area contributed by atoms with Gasteiger partial charge in [-0.3, -0.25) is 0 Å². The zero-order chi connectivity index (χ0) is 16.2. The Hall–Kier alpha value is -1.77. The lowest BCUT2D eigenvalue weighted by Gasteiger charge is -2.23. The number of carbonyl (C=O) groups is 2. The monoisotopic (exact) mass is 368 g/mol. The summed E-state index contributed by atoms with van der Waals surface area (Å²) in [6.45, 7) is -0.110. The van der Waals surface area contributed by atoms with Crippen LogP contribution in [0.2, 0.25) is 0 Å². The normalized spacial score (nSPS) is 11.1. The van der Waals surface area contributed by atoms with E-state index in [9.17, 15) is 22.8 Å². The van der Waals surface area contributed by atoms with Crippen molar-refractivity contribution in [2.45, 2.75) is 13.1 Å². The lowest BCUT2D eigenvalue weighted by atomic mass is 10.2. The van der Waals surface area contributed by atoms with Gasteiger partial charge in [0.2, 0.25) is 0 Å². The number of carboxylic acid groups (broad SMARTS) is 1. The van der Waals surface area contributed by atoms with Gasteiger partial charge in [0.1, 0.15) is 6.54 Å². The average Bonchev–Trinajstić information content (AvgIpc) is 2.37. The number of nitrogens with zero attached hydrogens (tertiary/aromatic N) is 1. The lowest BCUT2D eigenvalue weighted by molar-refractivity contribution is -0.139. The molecule has 116 valence electrons. The summed E-state index contributed by atoms with van der Waals surface area (Å²) in [5.41, 5.74) is -0.00658. The lowest BCUT2D eigenvalue weighted by Crippen LogP contribution is -2.41. The Morgan fingerprint density at radius 3 is 2.48 bits per heavy atom. The summed E-state index contributed by atoms with van der Waals surface area (Å²) in [5.74, 6) is -1.21. The predicted octanol–water partition coefficient (Wildman–Crippen LogP) is 3.56. The van der Waals surface area contributed by atoms with Gasteiger partial charge in [0.25, 0.3) is 0 Å². The van der Waals surface area contributed by atoms with Gasteiger partial charge in [-0.15, -0.1) is 0 Å². The molecule has 0 unspecified atom stereocenters. The summed E-state index contributed by atoms with van der Waals surface area (Å²) in [5, 5.41) is 11.1. The van der Waals surface area contributed by atoms with Crippen LogP contribution in [0, 0.1) is 0 Å². The van der Waals surface area contributed by atoms with Gasteiger partial charge in [-0.2, -0.15) is 13.2 Å². The van der Waals surface area contributed by atoms with E-state index in [-0.39, 0.29) is 17.8 Å². The molecular weight excluding hydrogens is 357 g/mol. The Morgan fingerprint density at radius 2 is 2.00 bits per heavy atom. The Kier molecular flexibility index (Phi) is 5.59. The standard InChI is InChI=1S/C12H12BrF3N2O3/c1-2-18(6-12(14,15)16)11(21)17-9-5-7(10(19)20)3-4-8(9)13/h3-5H,2,6H2,1H3,(H,17,21)(H,19,20). The van der Waals surface area contributed by atoms with E-state index in [0.717, 1.165) is 6.07 Å². The highest BCUT2D eigenvalue weighted by Crippen LogP contribution is 2.24. The molecule has 5 nitrogen and oxygen atoms in total. The van der Waals surface area contributed by atoms with Crippen LogP contribution in [0.5, 0.6) is 0 Å². The van der Waals surface area contributed by atoms with Gasteiger partial charge in [-0.05, 0) is 41.1 Å². The molecule has 0 fully saturated rings. The Balaban J connectivity index is 2.91. The van der Waals surface area contributed by atoms with Gasteiger partial charge in [0, 0.05) is 11.0 Å². The fourth-order valence-electron chi connectivity index (χ4n) is 1.49. The summed E-state index contributed by atoms with van der Waals surface area (Å²) in [4.78, 5) is 23.2. The third-order valence-corrected chi connectivity index (χ3v) is 3.19. The number of carboxylic acids is 1. The largest absolute Gasteiger partial charge is 0.478 e. The summed E-state index contributed by atoms with van der Waals surface area (Å²) >= 11 is 3.09. The smallest absolute Gasteiger partial charge is 0.406 e. The molecule has 1 aromatic carbocycles. The van der Waals surface area contributed by atoms with Crippen LogP contribution in [0.4, 0.5) is 23.7 Å². The molecular formula is C12H12BrF3N2O3. The summed E-state index contributed by atoms with van der Waals surface area (Å²) < 4.78 is 37.4. The minimum atomic E-state index is -4.51. The molecule has 0 saturated carbocycles. The molecule has 0 aliphatic heterocycles. The maximum Gasteiger partial charge on any atom is 0.406 e. The predicted molar refractivity (Wildman–Crippen MR) is 73.4 cm³/mol. The molecule has 0 atom stereocenters. The van der Waals surface area contributed by atoms with Crippen molar-refractivity contribution in [1.82, 2.24) is 4.90 Å². The Morgan fingerprint density at radius 1 is 1.38 bits per heavy atom. The number of urea groups is 1. The number of amides is 2. The first-order valence-corrected chi connectivity index (χ1v) is 6.59. The summed E-state index contributed by atoms with van der Waals surface area (Å²) in [7, 11) is 0. The van der Waals surface area contributed by atoms with Gasteiger partial charge in [0.15, 0.2) is 0 Å². The second-order valence-electron chi connectivity index (χ2n) is 4.06. The highest BCUT2D eigenvalue weighted by molar-refractivity contribution is 9.10. The molecule has 1 aromatic rings. The van der Waals surface area contributed by atoms with Crippen molar-refractivity contribution < 1.29 is 27.9 Å². The minimum absolute atomic E-state index is 0.0838. The molecule has 0 aliphatic carbocycles. The molecule has 0 radical (unpaired) electrons. The number of anilines is 1. The summed E-state index contributed by atoms with van der Waals surface area (Å²) in [6.07, 6.45) is -4.51. The van der Waals surface area contributed by atoms with Crippen molar-refractivity contribution in [3.05, 3.63) is 28.2 Å². The first-order valence-electron chi connectivity index (χ1n) is 5.79. The number of nitrogens with one attached hydrogen (secondary N) is 1. The Bertz CT molecular complexity index is 549. The Labute approximate surface area is 126 Å². The van der Waals surface area contributed by atoms with Gasteiger partial charge in [-0.25, -0.2) is 9.59 Å². The van der Waals surface area contributed by atoms with E-state index >= 15 is 0 Å². The van der Waals surface area contributed by atoms with Gasteiger partial charge < -0.3 is 15.3 Å². The number of aromatic carboxylic acids is 1. The van der Waals surface area contributed by atoms with Crippen molar-refractivity contribution in [1.29, 1.82) is 0 Å². The summed E-state index contributed by atoms with van der Waals surface area (Å²) in [6, 6.07) is 2.89. The molecule has 0 bridgehead atoms. The third kappa shape index (κ3) is 5.25. The van der Waals surface area contributed by atoms with E-state index in [1.165, 1.54) is 19.1 Å². The second kappa shape index (κ2) is 6.79. The number of rotatable bonds is 4. The van der Waals surface area contributed by atoms with E-state index < -0.39 is 24.7 Å². The van der Waals surface area contributed by atoms with Gasteiger partial charge >= 0.3 is 18.2 Å². The van der Waals surface area contributed by atoms with Crippen LogP contribution in [0.1, 0.15) is 17.3 Å². The molecule has 0 heterocycles.